The fourth-order valence-corrected chi connectivity index (χ4v) is 2.25. The lowest BCUT2D eigenvalue weighted by atomic mass is 10.1. The molecule has 5 nitrogen and oxygen atoms in total. The maximum absolute atomic E-state index is 12.4. The molecule has 0 fully saturated rings. The molecule has 0 aromatic heterocycles. The van der Waals surface area contributed by atoms with E-state index in [4.69, 9.17) is 0 Å². The summed E-state index contributed by atoms with van der Waals surface area (Å²) >= 11 is 0. The molecule has 8 heteroatoms. The van der Waals surface area contributed by atoms with Gasteiger partial charge in [0.05, 0.1) is 12.8 Å². The number of hydrogen-bond acceptors (Lipinski definition) is 4. The molecule has 0 radical (unpaired) electrons. The Hall–Kier alpha value is -3.16. The molecule has 0 saturated carbocycles. The van der Waals surface area contributed by atoms with E-state index in [0.29, 0.717) is 11.1 Å². The molecule has 2 aromatic rings. The van der Waals surface area contributed by atoms with E-state index in [1.165, 1.54) is 0 Å². The van der Waals surface area contributed by atoms with Gasteiger partial charge in [0.2, 0.25) is 11.8 Å². The van der Waals surface area contributed by atoms with Crippen LogP contribution in [0, 0.1) is 0 Å². The number of alkyl halides is 3. The highest BCUT2D eigenvalue weighted by molar-refractivity contribution is 6.09. The van der Waals surface area contributed by atoms with E-state index in [9.17, 15) is 27.6 Å². The zero-order chi connectivity index (χ0) is 19.9. The fraction of sp³-hybridized carbons (Fsp3) is 0.211. The fourth-order valence-electron chi connectivity index (χ4n) is 2.25. The predicted octanol–water partition coefficient (Wildman–Crippen LogP) is 3.53. The Kier molecular flexibility index (Phi) is 6.70. The van der Waals surface area contributed by atoms with Crippen LogP contribution in [-0.4, -0.2) is 35.6 Å². The number of nitrogens with zero attached hydrogens (tertiary/aromatic N) is 1. The van der Waals surface area contributed by atoms with Crippen molar-refractivity contribution in [2.24, 2.45) is 0 Å². The molecule has 142 valence electrons. The van der Waals surface area contributed by atoms with E-state index in [-0.39, 0.29) is 17.7 Å². The van der Waals surface area contributed by atoms with Crippen LogP contribution in [0.1, 0.15) is 11.1 Å². The summed E-state index contributed by atoms with van der Waals surface area (Å²) in [5, 5.41) is 0. The largest absolute Gasteiger partial charge is 0.439 e. The Morgan fingerprint density at radius 3 is 1.56 bits per heavy atom. The summed E-state index contributed by atoms with van der Waals surface area (Å²) in [6.45, 7) is -1.89. The van der Waals surface area contributed by atoms with Crippen molar-refractivity contribution in [3.8, 4) is 0 Å². The number of carbonyl (C=O) groups excluding carboxylic acids is 3. The highest BCUT2D eigenvalue weighted by atomic mass is 19.4. The molecular formula is C19H16F3NO4. The predicted molar refractivity (Wildman–Crippen MR) is 89.5 cm³/mol. The third kappa shape index (κ3) is 6.58. The average Bonchev–Trinajstić information content (AvgIpc) is 2.61. The lowest BCUT2D eigenvalue weighted by Gasteiger charge is -2.19. The Morgan fingerprint density at radius 1 is 0.778 bits per heavy atom. The molecular weight excluding hydrogens is 363 g/mol. The van der Waals surface area contributed by atoms with Gasteiger partial charge in [-0.25, -0.2) is 4.79 Å². The SMILES string of the molecule is O=C(Cc1ccccc1)N(C(=O)Cc1ccccc1)C(=O)OCC(F)(F)F. The quantitative estimate of drug-likeness (QED) is 0.797. The minimum absolute atomic E-state index is 0.131. The van der Waals surface area contributed by atoms with Gasteiger partial charge in [-0.05, 0) is 11.1 Å². The van der Waals surface area contributed by atoms with Crippen LogP contribution in [-0.2, 0) is 27.2 Å². The molecule has 0 N–H and O–H groups in total. The van der Waals surface area contributed by atoms with Crippen LogP contribution in [0.3, 0.4) is 0 Å². The number of benzene rings is 2. The van der Waals surface area contributed by atoms with E-state index < -0.39 is 30.7 Å². The molecule has 2 aromatic carbocycles. The molecule has 0 unspecified atom stereocenters. The summed E-state index contributed by atoms with van der Waals surface area (Å²) in [4.78, 5) is 37.0. The maximum Gasteiger partial charge on any atom is 0.423 e. The second-order valence-corrected chi connectivity index (χ2v) is 5.62. The van der Waals surface area contributed by atoms with E-state index in [1.807, 2.05) is 0 Å². The van der Waals surface area contributed by atoms with Crippen molar-refractivity contribution in [1.82, 2.24) is 4.90 Å². The molecule has 2 rings (SSSR count). The number of hydrogen-bond donors (Lipinski definition) is 0. The third-order valence-corrected chi connectivity index (χ3v) is 3.44. The molecule has 0 aliphatic heterocycles. The summed E-state index contributed by atoms with van der Waals surface area (Å²) < 4.78 is 41.0. The van der Waals surface area contributed by atoms with Gasteiger partial charge >= 0.3 is 12.3 Å². The zero-order valence-corrected chi connectivity index (χ0v) is 14.1. The topological polar surface area (TPSA) is 63.7 Å². The minimum Gasteiger partial charge on any atom is -0.439 e. The molecule has 3 amide bonds. The minimum atomic E-state index is -4.77. The monoisotopic (exact) mass is 379 g/mol. The second-order valence-electron chi connectivity index (χ2n) is 5.62. The summed E-state index contributed by atoms with van der Waals surface area (Å²) in [5.74, 6) is -1.93. The Balaban J connectivity index is 2.17. The third-order valence-electron chi connectivity index (χ3n) is 3.44. The van der Waals surface area contributed by atoms with Gasteiger partial charge in [-0.2, -0.15) is 18.1 Å². The molecule has 0 saturated heterocycles. The number of rotatable bonds is 5. The van der Waals surface area contributed by atoms with Gasteiger partial charge in [-0.3, -0.25) is 9.59 Å². The van der Waals surface area contributed by atoms with Crippen molar-refractivity contribution in [1.29, 1.82) is 0 Å². The van der Waals surface area contributed by atoms with Crippen LogP contribution >= 0.6 is 0 Å². The standard InChI is InChI=1S/C19H16F3NO4/c20-19(21,22)13-27-18(26)23(16(24)11-14-7-3-1-4-8-14)17(25)12-15-9-5-2-6-10-15/h1-10H,11-13H2. The van der Waals surface area contributed by atoms with Crippen molar-refractivity contribution >= 4 is 17.9 Å². The van der Waals surface area contributed by atoms with Crippen LogP contribution in [0.5, 0.6) is 0 Å². The van der Waals surface area contributed by atoms with E-state index in [0.717, 1.165) is 0 Å². The molecule has 0 bridgehead atoms. The van der Waals surface area contributed by atoms with Gasteiger partial charge in [-0.1, -0.05) is 60.7 Å². The highest BCUT2D eigenvalue weighted by Crippen LogP contribution is 2.16. The number of ether oxygens (including phenoxy) is 1. The summed E-state index contributed by atoms with van der Waals surface area (Å²) in [6, 6.07) is 16.4. The van der Waals surface area contributed by atoms with Crippen LogP contribution in [0.25, 0.3) is 0 Å². The highest BCUT2D eigenvalue weighted by Gasteiger charge is 2.35. The summed E-state index contributed by atoms with van der Waals surface area (Å²) in [5.41, 5.74) is 1.01. The summed E-state index contributed by atoms with van der Waals surface area (Å²) in [7, 11) is 0. The van der Waals surface area contributed by atoms with Crippen LogP contribution in [0.15, 0.2) is 60.7 Å². The van der Waals surface area contributed by atoms with Crippen molar-refractivity contribution in [2.45, 2.75) is 19.0 Å². The van der Waals surface area contributed by atoms with E-state index in [2.05, 4.69) is 4.74 Å². The first-order valence-electron chi connectivity index (χ1n) is 7.93. The van der Waals surface area contributed by atoms with Crippen LogP contribution < -0.4 is 0 Å². The van der Waals surface area contributed by atoms with Gasteiger partial charge in [-0.15, -0.1) is 0 Å². The molecule has 0 atom stereocenters. The average molecular weight is 379 g/mol. The normalized spacial score (nSPS) is 10.9. The number of carbonyl (C=O) groups is 3. The van der Waals surface area contributed by atoms with Crippen molar-refractivity contribution in [2.75, 3.05) is 6.61 Å². The first-order valence-corrected chi connectivity index (χ1v) is 7.93. The summed E-state index contributed by atoms with van der Waals surface area (Å²) in [6.07, 6.45) is -7.08. The van der Waals surface area contributed by atoms with Crippen molar-refractivity contribution in [3.63, 3.8) is 0 Å². The Labute approximate surface area is 153 Å². The van der Waals surface area contributed by atoms with E-state index >= 15 is 0 Å². The maximum atomic E-state index is 12.4. The van der Waals surface area contributed by atoms with Gasteiger partial charge < -0.3 is 4.74 Å². The van der Waals surface area contributed by atoms with E-state index in [1.54, 1.807) is 60.7 Å². The Bertz CT molecular complexity index is 738. The van der Waals surface area contributed by atoms with Crippen molar-refractivity contribution < 1.29 is 32.3 Å². The smallest absolute Gasteiger partial charge is 0.423 e. The van der Waals surface area contributed by atoms with Gasteiger partial charge in [0.15, 0.2) is 6.61 Å². The van der Waals surface area contributed by atoms with Gasteiger partial charge in [0.25, 0.3) is 0 Å². The van der Waals surface area contributed by atoms with Crippen LogP contribution in [0.4, 0.5) is 18.0 Å². The molecule has 0 aliphatic carbocycles. The lowest BCUT2D eigenvalue weighted by Crippen LogP contribution is -2.44. The first kappa shape index (κ1) is 20.2. The number of amides is 3. The zero-order valence-electron chi connectivity index (χ0n) is 14.1. The Morgan fingerprint density at radius 2 is 1.19 bits per heavy atom. The first-order chi connectivity index (χ1) is 12.8. The molecule has 0 heterocycles. The van der Waals surface area contributed by atoms with Crippen LogP contribution in [0.2, 0.25) is 0 Å². The number of halogens is 3. The molecule has 0 aliphatic rings. The lowest BCUT2D eigenvalue weighted by molar-refractivity contribution is -0.165. The van der Waals surface area contributed by atoms with Gasteiger partial charge in [0, 0.05) is 0 Å². The van der Waals surface area contributed by atoms with Gasteiger partial charge in [0.1, 0.15) is 0 Å². The number of imide groups is 3. The molecule has 27 heavy (non-hydrogen) atoms. The molecule has 0 spiro atoms. The van der Waals surface area contributed by atoms with Crippen molar-refractivity contribution in [3.05, 3.63) is 71.8 Å². The second kappa shape index (κ2) is 8.98.